The Bertz CT molecular complexity index is 1120. The Balaban J connectivity index is 1.58. The molecule has 3 amide bonds. The normalized spacial score (nSPS) is 18.1. The fourth-order valence-corrected chi connectivity index (χ4v) is 4.14. The van der Waals surface area contributed by atoms with Crippen molar-refractivity contribution in [2.24, 2.45) is 10.8 Å². The van der Waals surface area contributed by atoms with Crippen LogP contribution in [-0.4, -0.2) is 47.5 Å². The van der Waals surface area contributed by atoms with Crippen molar-refractivity contribution in [2.75, 3.05) is 23.4 Å². The lowest BCUT2D eigenvalue weighted by Gasteiger charge is -2.27. The number of hydrogen-bond acceptors (Lipinski definition) is 5. The van der Waals surface area contributed by atoms with Crippen LogP contribution in [-0.2, 0) is 9.59 Å². The number of hydrazone groups is 1. The molecule has 1 saturated heterocycles. The molecule has 172 valence electrons. The van der Waals surface area contributed by atoms with Gasteiger partial charge in [0.15, 0.2) is 0 Å². The molecule has 1 unspecified atom stereocenters. The van der Waals surface area contributed by atoms with Crippen molar-refractivity contribution in [2.45, 2.75) is 31.7 Å². The van der Waals surface area contributed by atoms with E-state index in [0.717, 1.165) is 19.3 Å². The molecule has 0 radical (unpaired) electrons. The van der Waals surface area contributed by atoms with Gasteiger partial charge in [0.05, 0.1) is 16.9 Å². The quantitative estimate of drug-likeness (QED) is 0.698. The van der Waals surface area contributed by atoms with Crippen LogP contribution in [0.4, 0.5) is 15.8 Å². The van der Waals surface area contributed by atoms with E-state index in [1.165, 1.54) is 35.3 Å². The zero-order valence-corrected chi connectivity index (χ0v) is 18.5. The zero-order chi connectivity index (χ0) is 23.5. The molecule has 0 bridgehead atoms. The number of piperidine rings is 1. The number of halogens is 2. The van der Waals surface area contributed by atoms with Crippen LogP contribution in [0.1, 0.15) is 36.0 Å². The summed E-state index contributed by atoms with van der Waals surface area (Å²) >= 11 is 6.12. The Morgan fingerprint density at radius 2 is 1.76 bits per heavy atom. The molecule has 2 heterocycles. The summed E-state index contributed by atoms with van der Waals surface area (Å²) in [4.78, 5) is 39.8. The molecule has 0 aromatic heterocycles. The smallest absolute Gasteiger partial charge is 0.271 e. The number of nitrogens with one attached hydrogen (secondary N) is 1. The molecular formula is C23H23ClFN5O3. The van der Waals surface area contributed by atoms with Gasteiger partial charge in [0, 0.05) is 24.5 Å². The first-order valence-corrected chi connectivity index (χ1v) is 11.0. The summed E-state index contributed by atoms with van der Waals surface area (Å²) in [5.41, 5.74) is 6.58. The minimum atomic E-state index is -0.898. The standard InChI is InChI=1S/C23H23ClFN5O3/c24-14-4-9-17(23(33)29-10-2-1-3-11-29)18(12-14)27-22(32)19-13-20(21(26)31)30(28-19)16-7-5-15(25)6-8-16/h4-9,12,20H,1-3,10-11,13H2,(H2,26,31)(H,27,32). The van der Waals surface area contributed by atoms with E-state index in [1.807, 2.05) is 0 Å². The highest BCUT2D eigenvalue weighted by atomic mass is 35.5. The number of anilines is 2. The molecule has 0 spiro atoms. The first kappa shape index (κ1) is 22.7. The largest absolute Gasteiger partial charge is 0.368 e. The molecule has 1 atom stereocenters. The van der Waals surface area contributed by atoms with E-state index in [2.05, 4.69) is 10.4 Å². The topological polar surface area (TPSA) is 108 Å². The van der Waals surface area contributed by atoms with Gasteiger partial charge in [-0.25, -0.2) is 4.39 Å². The number of primary amides is 1. The third-order valence-electron chi connectivity index (χ3n) is 5.70. The summed E-state index contributed by atoms with van der Waals surface area (Å²) in [6, 6.07) is 9.14. The van der Waals surface area contributed by atoms with E-state index >= 15 is 0 Å². The van der Waals surface area contributed by atoms with Crippen LogP contribution in [0.2, 0.25) is 5.02 Å². The van der Waals surface area contributed by atoms with Gasteiger partial charge in [0.2, 0.25) is 5.91 Å². The van der Waals surface area contributed by atoms with Crippen LogP contribution in [0, 0.1) is 5.82 Å². The Hall–Kier alpha value is -3.46. The first-order chi connectivity index (χ1) is 15.8. The molecule has 33 heavy (non-hydrogen) atoms. The average Bonchev–Trinajstić information content (AvgIpc) is 3.26. The van der Waals surface area contributed by atoms with Crippen molar-refractivity contribution in [3.63, 3.8) is 0 Å². The van der Waals surface area contributed by atoms with E-state index in [1.54, 1.807) is 17.0 Å². The maximum Gasteiger partial charge on any atom is 0.271 e. The number of rotatable bonds is 5. The number of likely N-dealkylation sites (tertiary alicyclic amines) is 1. The minimum absolute atomic E-state index is 0.0332. The first-order valence-electron chi connectivity index (χ1n) is 10.7. The highest BCUT2D eigenvalue weighted by Gasteiger charge is 2.35. The summed E-state index contributed by atoms with van der Waals surface area (Å²) in [7, 11) is 0. The number of benzene rings is 2. The molecule has 4 rings (SSSR count). The number of amides is 3. The second-order valence-corrected chi connectivity index (χ2v) is 8.42. The molecule has 0 aliphatic carbocycles. The van der Waals surface area contributed by atoms with E-state index in [4.69, 9.17) is 17.3 Å². The fourth-order valence-electron chi connectivity index (χ4n) is 3.97. The number of carbonyl (C=O) groups is 3. The lowest BCUT2D eigenvalue weighted by Crippen LogP contribution is -2.39. The SMILES string of the molecule is NC(=O)C1CC(C(=O)Nc2cc(Cl)ccc2C(=O)N2CCCCC2)=NN1c1ccc(F)cc1. The second kappa shape index (κ2) is 9.58. The van der Waals surface area contributed by atoms with Crippen molar-refractivity contribution in [1.29, 1.82) is 0 Å². The maximum absolute atomic E-state index is 13.3. The second-order valence-electron chi connectivity index (χ2n) is 7.99. The van der Waals surface area contributed by atoms with Crippen molar-refractivity contribution in [3.05, 3.63) is 58.9 Å². The number of nitrogens with two attached hydrogens (primary N) is 1. The van der Waals surface area contributed by atoms with Crippen LogP contribution < -0.4 is 16.1 Å². The predicted octanol–water partition coefficient (Wildman–Crippen LogP) is 3.16. The Labute approximate surface area is 195 Å². The Kier molecular flexibility index (Phi) is 6.60. The van der Waals surface area contributed by atoms with Gasteiger partial charge in [0.25, 0.3) is 11.8 Å². The highest BCUT2D eigenvalue weighted by molar-refractivity contribution is 6.44. The van der Waals surface area contributed by atoms with Crippen LogP contribution in [0.15, 0.2) is 47.6 Å². The molecule has 2 aliphatic rings. The van der Waals surface area contributed by atoms with Crippen molar-refractivity contribution in [1.82, 2.24) is 4.90 Å². The van der Waals surface area contributed by atoms with Crippen molar-refractivity contribution in [3.8, 4) is 0 Å². The molecule has 3 N–H and O–H groups in total. The number of hydrogen-bond donors (Lipinski definition) is 2. The molecule has 0 saturated carbocycles. The molecule has 1 fully saturated rings. The van der Waals surface area contributed by atoms with E-state index in [0.29, 0.717) is 29.4 Å². The van der Waals surface area contributed by atoms with Gasteiger partial charge in [-0.3, -0.25) is 19.4 Å². The van der Waals surface area contributed by atoms with Gasteiger partial charge in [0.1, 0.15) is 17.6 Å². The van der Waals surface area contributed by atoms with Crippen LogP contribution in [0.3, 0.4) is 0 Å². The van der Waals surface area contributed by atoms with Gasteiger partial charge in [-0.05, 0) is 61.7 Å². The van der Waals surface area contributed by atoms with Crippen LogP contribution in [0.25, 0.3) is 0 Å². The van der Waals surface area contributed by atoms with Gasteiger partial charge >= 0.3 is 0 Å². The van der Waals surface area contributed by atoms with Gasteiger partial charge in [-0.15, -0.1) is 0 Å². The van der Waals surface area contributed by atoms with Gasteiger partial charge < -0.3 is 16.0 Å². The van der Waals surface area contributed by atoms with Crippen LogP contribution >= 0.6 is 11.6 Å². The van der Waals surface area contributed by atoms with Gasteiger partial charge in [-0.2, -0.15) is 5.10 Å². The highest BCUT2D eigenvalue weighted by Crippen LogP contribution is 2.27. The predicted molar refractivity (Wildman–Crippen MR) is 124 cm³/mol. The lowest BCUT2D eigenvalue weighted by atomic mass is 10.1. The third-order valence-corrected chi connectivity index (χ3v) is 5.93. The van der Waals surface area contributed by atoms with E-state index in [9.17, 15) is 18.8 Å². The fraction of sp³-hybridized carbons (Fsp3) is 0.304. The summed E-state index contributed by atoms with van der Waals surface area (Å²) < 4.78 is 13.3. The third kappa shape index (κ3) is 4.98. The van der Waals surface area contributed by atoms with Crippen molar-refractivity contribution < 1.29 is 18.8 Å². The molecule has 2 aromatic rings. The average molecular weight is 472 g/mol. The number of carbonyl (C=O) groups excluding carboxylic acids is 3. The van der Waals surface area contributed by atoms with E-state index in [-0.39, 0.29) is 23.7 Å². The Morgan fingerprint density at radius 3 is 2.42 bits per heavy atom. The van der Waals surface area contributed by atoms with E-state index < -0.39 is 23.7 Å². The van der Waals surface area contributed by atoms with Crippen LogP contribution in [0.5, 0.6) is 0 Å². The lowest BCUT2D eigenvalue weighted by molar-refractivity contribution is -0.119. The molecule has 8 nitrogen and oxygen atoms in total. The number of nitrogens with zero attached hydrogens (tertiary/aromatic N) is 3. The summed E-state index contributed by atoms with van der Waals surface area (Å²) in [5.74, 6) is -1.88. The van der Waals surface area contributed by atoms with Crippen molar-refractivity contribution >= 4 is 46.4 Å². The zero-order valence-electron chi connectivity index (χ0n) is 17.8. The summed E-state index contributed by atoms with van der Waals surface area (Å²) in [6.07, 6.45) is 2.92. The van der Waals surface area contributed by atoms with Gasteiger partial charge in [-0.1, -0.05) is 11.6 Å². The molecule has 2 aliphatic heterocycles. The molecular weight excluding hydrogens is 449 g/mol. The molecule has 10 heteroatoms. The minimum Gasteiger partial charge on any atom is -0.368 e. The Morgan fingerprint density at radius 1 is 1.06 bits per heavy atom. The maximum atomic E-state index is 13.3. The monoisotopic (exact) mass is 471 g/mol. The summed E-state index contributed by atoms with van der Waals surface area (Å²) in [5, 5.41) is 8.63. The summed E-state index contributed by atoms with van der Waals surface area (Å²) in [6.45, 7) is 1.32. The molecule has 2 aromatic carbocycles.